The number of aromatic hydroxyl groups is 1. The maximum Gasteiger partial charge on any atom is 0.237 e. The predicted octanol–water partition coefficient (Wildman–Crippen LogP) is 2.09. The summed E-state index contributed by atoms with van der Waals surface area (Å²) < 4.78 is 0. The van der Waals surface area contributed by atoms with Crippen molar-refractivity contribution in [2.45, 2.75) is 45.2 Å². The monoisotopic (exact) mass is 250 g/mol. The molecule has 0 saturated heterocycles. The van der Waals surface area contributed by atoms with E-state index in [9.17, 15) is 9.90 Å². The van der Waals surface area contributed by atoms with Gasteiger partial charge in [-0.1, -0.05) is 31.9 Å². The molecule has 0 aromatic heterocycles. The summed E-state index contributed by atoms with van der Waals surface area (Å²) in [5, 5.41) is 12.2. The number of carbonyl (C=O) groups excluding carboxylic acids is 1. The zero-order valence-electron chi connectivity index (χ0n) is 11.0. The fraction of sp³-hybridized carbons (Fsp3) is 0.500. The summed E-state index contributed by atoms with van der Waals surface area (Å²) in [6.45, 7) is 3.94. The molecule has 0 aliphatic rings. The van der Waals surface area contributed by atoms with E-state index in [0.29, 0.717) is 6.42 Å². The zero-order chi connectivity index (χ0) is 13.5. The summed E-state index contributed by atoms with van der Waals surface area (Å²) in [6.07, 6.45) is 2.69. The number of carbonyl (C=O) groups is 1. The molecule has 4 heteroatoms. The molecule has 2 atom stereocenters. The SMILES string of the molecule is CCCCC(N)C(=O)NC(C)c1cccc(O)c1. The van der Waals surface area contributed by atoms with Crippen LogP contribution in [0.25, 0.3) is 0 Å². The molecule has 0 fully saturated rings. The van der Waals surface area contributed by atoms with E-state index < -0.39 is 6.04 Å². The summed E-state index contributed by atoms with van der Waals surface area (Å²) >= 11 is 0. The van der Waals surface area contributed by atoms with Crippen LogP contribution < -0.4 is 11.1 Å². The Morgan fingerprint density at radius 3 is 2.83 bits per heavy atom. The lowest BCUT2D eigenvalue weighted by Crippen LogP contribution is -2.41. The van der Waals surface area contributed by atoms with Gasteiger partial charge in [-0.15, -0.1) is 0 Å². The first-order valence-electron chi connectivity index (χ1n) is 6.39. The van der Waals surface area contributed by atoms with Crippen molar-refractivity contribution in [3.63, 3.8) is 0 Å². The van der Waals surface area contributed by atoms with Gasteiger partial charge < -0.3 is 16.2 Å². The van der Waals surface area contributed by atoms with Gasteiger partial charge in [0.25, 0.3) is 0 Å². The van der Waals surface area contributed by atoms with Crippen molar-refractivity contribution >= 4 is 5.91 Å². The standard InChI is InChI=1S/C14H22N2O2/c1-3-4-8-13(15)14(18)16-10(2)11-6-5-7-12(17)9-11/h5-7,9-10,13,17H,3-4,8,15H2,1-2H3,(H,16,18). The molecule has 1 amide bonds. The number of nitrogens with two attached hydrogens (primary N) is 1. The molecule has 1 rings (SSSR count). The van der Waals surface area contributed by atoms with E-state index >= 15 is 0 Å². The Kier molecular flexibility index (Phi) is 5.65. The summed E-state index contributed by atoms with van der Waals surface area (Å²) in [5.74, 6) is 0.0585. The van der Waals surface area contributed by atoms with Gasteiger partial charge in [-0.2, -0.15) is 0 Å². The van der Waals surface area contributed by atoms with Crippen LogP contribution in [0.2, 0.25) is 0 Å². The number of hydrogen-bond donors (Lipinski definition) is 3. The largest absolute Gasteiger partial charge is 0.508 e. The van der Waals surface area contributed by atoms with Crippen LogP contribution in [-0.4, -0.2) is 17.1 Å². The molecule has 4 N–H and O–H groups in total. The highest BCUT2D eigenvalue weighted by molar-refractivity contribution is 5.81. The molecule has 0 bridgehead atoms. The molecular formula is C14H22N2O2. The van der Waals surface area contributed by atoms with Gasteiger partial charge in [-0.05, 0) is 31.0 Å². The van der Waals surface area contributed by atoms with E-state index in [0.717, 1.165) is 18.4 Å². The van der Waals surface area contributed by atoms with Crippen molar-refractivity contribution < 1.29 is 9.90 Å². The van der Waals surface area contributed by atoms with Crippen LogP contribution in [-0.2, 0) is 4.79 Å². The van der Waals surface area contributed by atoms with Gasteiger partial charge in [0.1, 0.15) is 5.75 Å². The Bertz CT molecular complexity index is 393. The molecule has 2 unspecified atom stereocenters. The number of phenols is 1. The number of hydrogen-bond acceptors (Lipinski definition) is 3. The average molecular weight is 250 g/mol. The van der Waals surface area contributed by atoms with Crippen molar-refractivity contribution in [2.75, 3.05) is 0 Å². The Labute approximate surface area is 108 Å². The Morgan fingerprint density at radius 1 is 1.50 bits per heavy atom. The number of amides is 1. The number of nitrogens with one attached hydrogen (secondary N) is 1. The van der Waals surface area contributed by atoms with Crippen molar-refractivity contribution in [1.29, 1.82) is 0 Å². The van der Waals surface area contributed by atoms with Crippen molar-refractivity contribution in [3.8, 4) is 5.75 Å². The van der Waals surface area contributed by atoms with Crippen molar-refractivity contribution in [1.82, 2.24) is 5.32 Å². The smallest absolute Gasteiger partial charge is 0.237 e. The summed E-state index contributed by atoms with van der Waals surface area (Å²) in [6, 6.07) is 6.25. The highest BCUT2D eigenvalue weighted by Crippen LogP contribution is 2.17. The van der Waals surface area contributed by atoms with Crippen LogP contribution in [0.3, 0.4) is 0 Å². The summed E-state index contributed by atoms with van der Waals surface area (Å²) in [7, 11) is 0. The van der Waals surface area contributed by atoms with E-state index in [1.165, 1.54) is 0 Å². The van der Waals surface area contributed by atoms with E-state index in [1.807, 2.05) is 13.0 Å². The van der Waals surface area contributed by atoms with Crippen LogP contribution in [0.5, 0.6) is 5.75 Å². The highest BCUT2D eigenvalue weighted by atomic mass is 16.3. The fourth-order valence-electron chi connectivity index (χ4n) is 1.75. The second-order valence-electron chi connectivity index (χ2n) is 4.57. The third-order valence-corrected chi connectivity index (χ3v) is 2.93. The minimum absolute atomic E-state index is 0.140. The third-order valence-electron chi connectivity index (χ3n) is 2.93. The lowest BCUT2D eigenvalue weighted by molar-refractivity contribution is -0.123. The van der Waals surface area contributed by atoms with Gasteiger partial charge >= 0.3 is 0 Å². The first-order chi connectivity index (χ1) is 8.54. The molecular weight excluding hydrogens is 228 g/mol. The topological polar surface area (TPSA) is 75.4 Å². The fourth-order valence-corrected chi connectivity index (χ4v) is 1.75. The molecule has 0 aliphatic heterocycles. The molecule has 0 saturated carbocycles. The first-order valence-corrected chi connectivity index (χ1v) is 6.39. The molecule has 4 nitrogen and oxygen atoms in total. The maximum atomic E-state index is 11.8. The quantitative estimate of drug-likeness (QED) is 0.723. The van der Waals surface area contributed by atoms with Crippen LogP contribution in [0.4, 0.5) is 0 Å². The minimum atomic E-state index is -0.454. The zero-order valence-corrected chi connectivity index (χ0v) is 11.0. The second-order valence-corrected chi connectivity index (χ2v) is 4.57. The lowest BCUT2D eigenvalue weighted by atomic mass is 10.1. The average Bonchev–Trinajstić information content (AvgIpc) is 2.35. The second kappa shape index (κ2) is 7.01. The van der Waals surface area contributed by atoms with Crippen molar-refractivity contribution in [3.05, 3.63) is 29.8 Å². The van der Waals surface area contributed by atoms with Crippen LogP contribution in [0, 0.1) is 0 Å². The molecule has 1 aromatic carbocycles. The van der Waals surface area contributed by atoms with Crippen LogP contribution in [0.1, 0.15) is 44.7 Å². The lowest BCUT2D eigenvalue weighted by Gasteiger charge is -2.18. The summed E-state index contributed by atoms with van der Waals surface area (Å²) in [4.78, 5) is 11.8. The van der Waals surface area contributed by atoms with E-state index in [2.05, 4.69) is 12.2 Å². The molecule has 0 aliphatic carbocycles. The molecule has 0 radical (unpaired) electrons. The van der Waals surface area contributed by atoms with Gasteiger partial charge in [0.2, 0.25) is 5.91 Å². The molecule has 1 aromatic rings. The van der Waals surface area contributed by atoms with Gasteiger partial charge in [0, 0.05) is 0 Å². The van der Waals surface area contributed by atoms with Gasteiger partial charge in [-0.25, -0.2) is 0 Å². The van der Waals surface area contributed by atoms with Gasteiger partial charge in [-0.3, -0.25) is 4.79 Å². The first kappa shape index (κ1) is 14.5. The molecule has 0 spiro atoms. The summed E-state index contributed by atoms with van der Waals surface area (Å²) in [5.41, 5.74) is 6.66. The number of phenolic OH excluding ortho intramolecular Hbond substituents is 1. The predicted molar refractivity (Wildman–Crippen MR) is 72.2 cm³/mol. The van der Waals surface area contributed by atoms with Crippen LogP contribution >= 0.6 is 0 Å². The number of rotatable bonds is 6. The van der Waals surface area contributed by atoms with E-state index in [4.69, 9.17) is 5.73 Å². The van der Waals surface area contributed by atoms with Gasteiger partial charge in [0.15, 0.2) is 0 Å². The normalized spacial score (nSPS) is 13.9. The van der Waals surface area contributed by atoms with Gasteiger partial charge in [0.05, 0.1) is 12.1 Å². The Morgan fingerprint density at radius 2 is 2.22 bits per heavy atom. The highest BCUT2D eigenvalue weighted by Gasteiger charge is 2.16. The molecule has 100 valence electrons. The minimum Gasteiger partial charge on any atom is -0.508 e. The number of unbranched alkanes of at least 4 members (excludes halogenated alkanes) is 1. The van der Waals surface area contributed by atoms with E-state index in [-0.39, 0.29) is 17.7 Å². The molecule has 0 heterocycles. The van der Waals surface area contributed by atoms with Crippen molar-refractivity contribution in [2.24, 2.45) is 5.73 Å². The Hall–Kier alpha value is -1.55. The molecule has 18 heavy (non-hydrogen) atoms. The third kappa shape index (κ3) is 4.37. The van der Waals surface area contributed by atoms with E-state index in [1.54, 1.807) is 18.2 Å². The van der Waals surface area contributed by atoms with Crippen LogP contribution in [0.15, 0.2) is 24.3 Å². The number of benzene rings is 1. The Balaban J connectivity index is 2.54. The maximum absolute atomic E-state index is 11.8.